The summed E-state index contributed by atoms with van der Waals surface area (Å²) in [4.78, 5) is 20.6. The number of rotatable bonds is 3. The van der Waals surface area contributed by atoms with E-state index in [2.05, 4.69) is 28.3 Å². The van der Waals surface area contributed by atoms with Crippen molar-refractivity contribution < 1.29 is 14.3 Å². The second-order valence-corrected chi connectivity index (χ2v) is 6.63. The van der Waals surface area contributed by atoms with Gasteiger partial charge < -0.3 is 20.6 Å². The highest BCUT2D eigenvalue weighted by molar-refractivity contribution is 5.65. The fourth-order valence-corrected chi connectivity index (χ4v) is 2.64. The van der Waals surface area contributed by atoms with Crippen molar-refractivity contribution in [2.24, 2.45) is 5.73 Å². The van der Waals surface area contributed by atoms with E-state index < -0.39 is 11.7 Å². The van der Waals surface area contributed by atoms with Gasteiger partial charge in [0.25, 0.3) is 0 Å². The van der Waals surface area contributed by atoms with Crippen molar-refractivity contribution in [2.45, 2.75) is 51.6 Å². The monoisotopic (exact) mass is 320 g/mol. The van der Waals surface area contributed by atoms with Crippen LogP contribution in [0.1, 0.15) is 50.7 Å². The molecule has 5 nitrogen and oxygen atoms in total. The number of nitrogens with two attached hydrogens (primary N) is 1. The molecule has 1 aromatic carbocycles. The van der Waals surface area contributed by atoms with Crippen LogP contribution in [0.4, 0.5) is 4.79 Å². The van der Waals surface area contributed by atoms with E-state index in [0.29, 0.717) is 12.3 Å². The molecule has 0 aromatic heterocycles. The maximum Gasteiger partial charge on any atom is 0.405 e. The number of hydrogen-bond acceptors (Lipinski definition) is 4. The molecule has 5 heteroatoms. The maximum atomic E-state index is 10.6. The lowest BCUT2D eigenvalue weighted by molar-refractivity contribution is -0.107. The van der Waals surface area contributed by atoms with Gasteiger partial charge >= 0.3 is 6.09 Å². The summed E-state index contributed by atoms with van der Waals surface area (Å²) < 4.78 is 4.58. The third-order valence-corrected chi connectivity index (χ3v) is 3.54. The number of carbonyl (C=O) groups excluding carboxylic acids is 2. The number of piperidine rings is 1. The van der Waals surface area contributed by atoms with Crippen molar-refractivity contribution in [2.75, 3.05) is 13.1 Å². The first-order chi connectivity index (χ1) is 10.8. The van der Waals surface area contributed by atoms with Crippen molar-refractivity contribution in [3.05, 3.63) is 35.4 Å². The van der Waals surface area contributed by atoms with E-state index in [9.17, 15) is 9.59 Å². The van der Waals surface area contributed by atoms with E-state index in [0.717, 1.165) is 19.4 Å². The van der Waals surface area contributed by atoms with E-state index in [1.807, 2.05) is 6.07 Å². The molecule has 1 saturated heterocycles. The smallest absolute Gasteiger partial charge is 0.405 e. The Morgan fingerprint density at radius 2 is 1.91 bits per heavy atom. The van der Waals surface area contributed by atoms with Crippen molar-refractivity contribution in [3.63, 3.8) is 0 Å². The number of benzene rings is 1. The molecule has 128 valence electrons. The highest BCUT2D eigenvalue weighted by Gasteiger charge is 2.17. The average Bonchev–Trinajstić information content (AvgIpc) is 2.47. The molecule has 0 radical (unpaired) electrons. The van der Waals surface area contributed by atoms with Gasteiger partial charge in [-0.1, -0.05) is 24.3 Å². The van der Waals surface area contributed by atoms with Crippen LogP contribution in [0.25, 0.3) is 0 Å². The summed E-state index contributed by atoms with van der Waals surface area (Å²) in [7, 11) is 0. The summed E-state index contributed by atoms with van der Waals surface area (Å²) in [5.74, 6) is 0.641. The lowest BCUT2D eigenvalue weighted by Crippen LogP contribution is -2.27. The Kier molecular flexibility index (Phi) is 7.75. The predicted molar refractivity (Wildman–Crippen MR) is 91.5 cm³/mol. The molecule has 2 rings (SSSR count). The molecule has 1 aliphatic rings. The second-order valence-electron chi connectivity index (χ2n) is 6.63. The first-order valence-corrected chi connectivity index (χ1v) is 8.04. The topological polar surface area (TPSA) is 81.4 Å². The zero-order chi connectivity index (χ0) is 17.3. The van der Waals surface area contributed by atoms with Crippen LogP contribution in [0.2, 0.25) is 0 Å². The molecular weight excluding hydrogens is 292 g/mol. The van der Waals surface area contributed by atoms with E-state index in [1.54, 1.807) is 20.8 Å². The number of nitrogens with one attached hydrogen (secondary N) is 1. The van der Waals surface area contributed by atoms with Crippen molar-refractivity contribution >= 4 is 12.4 Å². The number of carbonyl (C=O) groups is 2. The molecule has 0 bridgehead atoms. The van der Waals surface area contributed by atoms with Gasteiger partial charge in [0.15, 0.2) is 0 Å². The van der Waals surface area contributed by atoms with Gasteiger partial charge in [0.2, 0.25) is 0 Å². The fraction of sp³-hybridized carbons (Fsp3) is 0.556. The van der Waals surface area contributed by atoms with E-state index in [4.69, 9.17) is 5.73 Å². The molecule has 0 atom stereocenters. The third kappa shape index (κ3) is 7.79. The quantitative estimate of drug-likeness (QED) is 0.839. The Morgan fingerprint density at radius 1 is 1.30 bits per heavy atom. The number of hydrogen-bond donors (Lipinski definition) is 2. The Labute approximate surface area is 138 Å². The van der Waals surface area contributed by atoms with Gasteiger partial charge in [0, 0.05) is 6.42 Å². The Hall–Kier alpha value is -1.88. The van der Waals surface area contributed by atoms with Crippen LogP contribution in [-0.4, -0.2) is 31.1 Å². The fourth-order valence-electron chi connectivity index (χ4n) is 2.64. The van der Waals surface area contributed by atoms with Crippen LogP contribution in [-0.2, 0) is 16.0 Å². The summed E-state index contributed by atoms with van der Waals surface area (Å²) in [5.41, 5.74) is 6.85. The van der Waals surface area contributed by atoms with E-state index in [1.165, 1.54) is 24.0 Å². The highest BCUT2D eigenvalue weighted by atomic mass is 16.6. The van der Waals surface area contributed by atoms with Crippen LogP contribution < -0.4 is 11.1 Å². The Bertz CT molecular complexity index is 503. The van der Waals surface area contributed by atoms with Gasteiger partial charge in [-0.05, 0) is 63.7 Å². The molecule has 0 spiro atoms. The summed E-state index contributed by atoms with van der Waals surface area (Å²) in [6, 6.07) is 8.34. The van der Waals surface area contributed by atoms with Crippen molar-refractivity contribution in [1.82, 2.24) is 5.32 Å². The first-order valence-electron chi connectivity index (χ1n) is 8.04. The summed E-state index contributed by atoms with van der Waals surface area (Å²) in [6.45, 7) is 7.48. The lowest BCUT2D eigenvalue weighted by atomic mass is 9.86. The van der Waals surface area contributed by atoms with Gasteiger partial charge in [0.05, 0.1) is 0 Å². The SMILES string of the molecule is CC(C)(C)OC(N)=O.O=CCc1ccccc1C1CCNCC1. The first kappa shape index (κ1) is 19.2. The van der Waals surface area contributed by atoms with Crippen molar-refractivity contribution in [3.8, 4) is 0 Å². The molecule has 3 N–H and O–H groups in total. The molecule has 0 aliphatic carbocycles. The van der Waals surface area contributed by atoms with E-state index in [-0.39, 0.29) is 0 Å². The maximum absolute atomic E-state index is 10.6. The van der Waals surface area contributed by atoms with Gasteiger partial charge in [-0.25, -0.2) is 4.79 Å². The van der Waals surface area contributed by atoms with Crippen LogP contribution in [0.3, 0.4) is 0 Å². The molecular formula is C18H28N2O3. The van der Waals surface area contributed by atoms with Gasteiger partial charge in [-0.15, -0.1) is 0 Å². The second kappa shape index (κ2) is 9.30. The minimum absolute atomic E-state index is 0.453. The van der Waals surface area contributed by atoms with Gasteiger partial charge in [0.1, 0.15) is 11.9 Å². The molecule has 1 aromatic rings. The van der Waals surface area contributed by atoms with Gasteiger partial charge in [-0.2, -0.15) is 0 Å². The molecule has 23 heavy (non-hydrogen) atoms. The van der Waals surface area contributed by atoms with Crippen LogP contribution >= 0.6 is 0 Å². The van der Waals surface area contributed by atoms with Crippen molar-refractivity contribution in [1.29, 1.82) is 0 Å². The minimum atomic E-state index is -0.725. The lowest BCUT2D eigenvalue weighted by Gasteiger charge is -2.24. The standard InChI is InChI=1S/C13H17NO.C5H11NO2/c15-10-7-11-3-1-2-4-13(11)12-5-8-14-9-6-12;1-5(2,3)8-4(6)7/h1-4,10,12,14H,5-9H2;1-3H3,(H2,6,7). The van der Waals surface area contributed by atoms with Crippen LogP contribution in [0, 0.1) is 0 Å². The van der Waals surface area contributed by atoms with Crippen LogP contribution in [0.15, 0.2) is 24.3 Å². The largest absolute Gasteiger partial charge is 0.444 e. The predicted octanol–water partition coefficient (Wildman–Crippen LogP) is 2.78. The minimum Gasteiger partial charge on any atom is -0.444 e. The van der Waals surface area contributed by atoms with E-state index >= 15 is 0 Å². The number of ether oxygens (including phenoxy) is 1. The summed E-state index contributed by atoms with van der Waals surface area (Å²) in [5, 5.41) is 3.37. The normalized spacial score (nSPS) is 15.3. The molecule has 1 heterocycles. The number of primary amides is 1. The summed E-state index contributed by atoms with van der Waals surface area (Å²) in [6.07, 6.45) is 3.21. The molecule has 1 aliphatic heterocycles. The third-order valence-electron chi connectivity index (χ3n) is 3.54. The zero-order valence-corrected chi connectivity index (χ0v) is 14.3. The number of amides is 1. The molecule has 0 unspecified atom stereocenters. The molecule has 1 amide bonds. The van der Waals surface area contributed by atoms with Gasteiger partial charge in [-0.3, -0.25) is 0 Å². The Morgan fingerprint density at radius 3 is 2.39 bits per heavy atom. The highest BCUT2D eigenvalue weighted by Crippen LogP contribution is 2.27. The Balaban J connectivity index is 0.000000284. The zero-order valence-electron chi connectivity index (χ0n) is 14.3. The molecule has 0 saturated carbocycles. The number of aldehydes is 1. The average molecular weight is 320 g/mol. The summed E-state index contributed by atoms with van der Waals surface area (Å²) >= 11 is 0. The van der Waals surface area contributed by atoms with Crippen LogP contribution in [0.5, 0.6) is 0 Å². The molecule has 1 fully saturated rings.